The van der Waals surface area contributed by atoms with Crippen LogP contribution in [0.3, 0.4) is 0 Å². The summed E-state index contributed by atoms with van der Waals surface area (Å²) in [5.41, 5.74) is 28.1. The molecule has 0 saturated heterocycles. The number of hydrogen-bond donors (Lipinski definition) is 6. The lowest BCUT2D eigenvalue weighted by Gasteiger charge is -2.37. The SMILES string of the molecule is NCC[N+](CCN)(CCN)NCC[C@H](N)C(=O)N[C@H](Cc1ccc(C(F)(F)F)cc1)C(=O)Cc1cnc2ccccc2c1. The van der Waals surface area contributed by atoms with Crippen molar-refractivity contribution >= 4 is 22.6 Å². The molecule has 0 aliphatic rings. The number of carbonyl (C=O) groups excluding carboxylic acids is 2. The van der Waals surface area contributed by atoms with Gasteiger partial charge in [-0.15, -0.1) is 0 Å². The van der Waals surface area contributed by atoms with Crippen molar-refractivity contribution in [2.24, 2.45) is 22.9 Å². The van der Waals surface area contributed by atoms with Crippen molar-refractivity contribution in [3.05, 3.63) is 77.5 Å². The maximum Gasteiger partial charge on any atom is 0.416 e. The summed E-state index contributed by atoms with van der Waals surface area (Å²) in [7, 11) is 0. The monoisotopic (exact) mass is 603 g/mol. The smallest absolute Gasteiger partial charge is 0.345 e. The van der Waals surface area contributed by atoms with Crippen LogP contribution in [-0.2, 0) is 28.6 Å². The number of nitrogens with zero attached hydrogens (tertiary/aromatic N) is 2. The van der Waals surface area contributed by atoms with Crippen molar-refractivity contribution in [3.63, 3.8) is 0 Å². The van der Waals surface area contributed by atoms with Crippen LogP contribution in [0.25, 0.3) is 10.9 Å². The zero-order chi connectivity index (χ0) is 31.5. The Kier molecular flexibility index (Phi) is 12.5. The van der Waals surface area contributed by atoms with E-state index >= 15 is 0 Å². The van der Waals surface area contributed by atoms with Crippen LogP contribution in [0.2, 0.25) is 0 Å². The average Bonchev–Trinajstić information content (AvgIpc) is 2.97. The zero-order valence-corrected chi connectivity index (χ0v) is 24.2. The number of nitrogens with one attached hydrogen (secondary N) is 2. The zero-order valence-electron chi connectivity index (χ0n) is 24.2. The van der Waals surface area contributed by atoms with Gasteiger partial charge in [0.05, 0.1) is 23.2 Å². The highest BCUT2D eigenvalue weighted by molar-refractivity contribution is 5.92. The summed E-state index contributed by atoms with van der Waals surface area (Å²) >= 11 is 0. The topological polar surface area (TPSA) is 175 Å². The van der Waals surface area contributed by atoms with E-state index in [1.807, 2.05) is 30.3 Å². The van der Waals surface area contributed by atoms with Crippen molar-refractivity contribution < 1.29 is 27.4 Å². The number of ketones is 1. The van der Waals surface area contributed by atoms with Gasteiger partial charge in [-0.05, 0) is 48.2 Å². The van der Waals surface area contributed by atoms with Crippen LogP contribution in [0.1, 0.15) is 23.1 Å². The Morgan fingerprint density at radius 1 is 0.907 bits per heavy atom. The molecule has 0 bridgehead atoms. The summed E-state index contributed by atoms with van der Waals surface area (Å²) in [6.07, 6.45) is -2.67. The summed E-state index contributed by atoms with van der Waals surface area (Å²) < 4.78 is 39.6. The van der Waals surface area contributed by atoms with Crippen LogP contribution in [0.5, 0.6) is 0 Å². The van der Waals surface area contributed by atoms with Gasteiger partial charge >= 0.3 is 6.18 Å². The van der Waals surface area contributed by atoms with Gasteiger partial charge in [-0.1, -0.05) is 30.3 Å². The van der Waals surface area contributed by atoms with E-state index in [1.165, 1.54) is 12.1 Å². The van der Waals surface area contributed by atoms with E-state index in [-0.39, 0.29) is 25.0 Å². The molecule has 0 spiro atoms. The van der Waals surface area contributed by atoms with Crippen LogP contribution in [0.15, 0.2) is 60.8 Å². The average molecular weight is 604 g/mol. The fourth-order valence-electron chi connectivity index (χ4n) is 5.03. The number of hydrogen-bond acceptors (Lipinski definition) is 8. The molecular weight excluding hydrogens is 561 g/mol. The van der Waals surface area contributed by atoms with Gasteiger partial charge in [-0.3, -0.25) is 14.6 Å². The number of rotatable bonds is 17. The second kappa shape index (κ2) is 15.8. The molecule has 234 valence electrons. The maximum absolute atomic E-state index is 13.5. The molecule has 0 saturated carbocycles. The number of alkyl halides is 3. The third-order valence-electron chi connectivity index (χ3n) is 7.36. The number of halogens is 3. The minimum Gasteiger partial charge on any atom is -0.345 e. The van der Waals surface area contributed by atoms with Crippen LogP contribution < -0.4 is 33.7 Å². The van der Waals surface area contributed by atoms with Crippen molar-refractivity contribution in [1.29, 1.82) is 0 Å². The highest BCUT2D eigenvalue weighted by Gasteiger charge is 2.31. The second-order valence-electron chi connectivity index (χ2n) is 10.6. The van der Waals surface area contributed by atoms with Gasteiger partial charge in [-0.25, -0.2) is 4.59 Å². The highest BCUT2D eigenvalue weighted by atomic mass is 19.4. The Balaban J connectivity index is 1.73. The molecule has 10 nitrogen and oxygen atoms in total. The first kappa shape index (κ1) is 34.0. The summed E-state index contributed by atoms with van der Waals surface area (Å²) in [5, 5.41) is 3.60. The Morgan fingerprint density at radius 3 is 2.14 bits per heavy atom. The minimum atomic E-state index is -4.49. The van der Waals surface area contributed by atoms with E-state index in [9.17, 15) is 22.8 Å². The number of nitrogens with two attached hydrogens (primary N) is 4. The maximum atomic E-state index is 13.5. The lowest BCUT2D eigenvalue weighted by molar-refractivity contribution is -0.966. The predicted octanol–water partition coefficient (Wildman–Crippen LogP) is 1.01. The van der Waals surface area contributed by atoms with Crippen molar-refractivity contribution in [2.45, 2.75) is 37.5 Å². The molecule has 2 atom stereocenters. The van der Waals surface area contributed by atoms with Crippen LogP contribution in [0, 0.1) is 0 Å². The molecular formula is C30H42F3N8O2+. The van der Waals surface area contributed by atoms with E-state index < -0.39 is 29.7 Å². The fraction of sp³-hybridized carbons (Fsp3) is 0.433. The molecule has 0 unspecified atom stereocenters. The number of para-hydroxylation sites is 1. The third-order valence-corrected chi connectivity index (χ3v) is 7.36. The first-order chi connectivity index (χ1) is 20.5. The quantitative estimate of drug-likeness (QED) is 0.0979. The standard InChI is InChI=1S/C30H41F3N8O2/c31-30(32,33)24-7-5-21(6-8-24)18-27(28(42)19-22-17-23-3-1-2-4-26(23)38-20-22)40-29(43)25(37)9-13-39-41(14-10-34,15-11-35)16-12-36/h1-8,17,20,25,27,39H,9-16,18-19,34-37H2/p+1/t25-,27+/m0/s1. The minimum absolute atomic E-state index is 0.00180. The fourth-order valence-corrected chi connectivity index (χ4v) is 5.03. The van der Waals surface area contributed by atoms with E-state index in [4.69, 9.17) is 22.9 Å². The Bertz CT molecular complexity index is 1320. The van der Waals surface area contributed by atoms with Crippen LogP contribution in [0.4, 0.5) is 13.2 Å². The van der Waals surface area contributed by atoms with Gasteiger partial charge in [0.2, 0.25) is 5.91 Å². The van der Waals surface area contributed by atoms with Crippen molar-refractivity contribution in [1.82, 2.24) is 15.7 Å². The number of fused-ring (bicyclic) bond motifs is 1. The van der Waals surface area contributed by atoms with E-state index in [0.29, 0.717) is 61.5 Å². The number of aromatic nitrogens is 1. The molecule has 43 heavy (non-hydrogen) atoms. The van der Waals surface area contributed by atoms with E-state index in [2.05, 4.69) is 15.7 Å². The molecule has 3 aromatic rings. The van der Waals surface area contributed by atoms with Gasteiger partial charge in [0.15, 0.2) is 5.78 Å². The third kappa shape index (κ3) is 10.1. The summed E-state index contributed by atoms with van der Waals surface area (Å²) in [6.45, 7) is 3.42. The Labute approximate surface area is 249 Å². The molecule has 10 N–H and O–H groups in total. The van der Waals surface area contributed by atoms with Gasteiger partial charge < -0.3 is 28.3 Å². The summed E-state index contributed by atoms with van der Waals surface area (Å²) in [6, 6.07) is 11.9. The molecule has 0 radical (unpaired) electrons. The normalized spacial score (nSPS) is 13.6. The summed E-state index contributed by atoms with van der Waals surface area (Å²) in [5.74, 6) is -0.863. The predicted molar refractivity (Wildman–Crippen MR) is 160 cm³/mol. The first-order valence-corrected chi connectivity index (χ1v) is 14.3. The highest BCUT2D eigenvalue weighted by Crippen LogP contribution is 2.29. The van der Waals surface area contributed by atoms with Crippen molar-refractivity contribution in [3.8, 4) is 0 Å². The largest absolute Gasteiger partial charge is 0.416 e. The first-order valence-electron chi connectivity index (χ1n) is 14.3. The number of pyridine rings is 1. The number of amides is 1. The van der Waals surface area contributed by atoms with Gasteiger partial charge in [-0.2, -0.15) is 18.6 Å². The van der Waals surface area contributed by atoms with Gasteiger partial charge in [0.1, 0.15) is 19.6 Å². The molecule has 2 aromatic carbocycles. The Hall–Kier alpha value is -3.46. The van der Waals surface area contributed by atoms with Gasteiger partial charge in [0, 0.05) is 44.2 Å². The second-order valence-corrected chi connectivity index (χ2v) is 10.6. The van der Waals surface area contributed by atoms with Crippen LogP contribution >= 0.6 is 0 Å². The molecule has 0 aliphatic carbocycles. The molecule has 1 heterocycles. The van der Waals surface area contributed by atoms with E-state index in [1.54, 1.807) is 6.20 Å². The molecule has 3 rings (SSSR count). The lowest BCUT2D eigenvalue weighted by Crippen LogP contribution is -2.64. The van der Waals surface area contributed by atoms with E-state index in [0.717, 1.165) is 23.0 Å². The van der Waals surface area contributed by atoms with Crippen LogP contribution in [-0.4, -0.2) is 79.2 Å². The molecule has 0 aliphatic heterocycles. The Morgan fingerprint density at radius 2 is 1.53 bits per heavy atom. The molecule has 1 amide bonds. The summed E-state index contributed by atoms with van der Waals surface area (Å²) in [4.78, 5) is 31.0. The number of benzene rings is 2. The molecule has 1 aromatic heterocycles. The van der Waals surface area contributed by atoms with Crippen molar-refractivity contribution in [2.75, 3.05) is 45.8 Å². The number of carbonyl (C=O) groups is 2. The number of quaternary nitrogens is 1. The molecule has 13 heteroatoms. The number of Topliss-reactive ketones (excluding diaryl/α,β-unsaturated/α-hetero) is 1. The van der Waals surface area contributed by atoms with Gasteiger partial charge in [0.25, 0.3) is 0 Å². The molecule has 0 fully saturated rings. The lowest BCUT2D eigenvalue weighted by atomic mass is 9.96.